The number of para-hydroxylation sites is 2. The number of fused-ring (bicyclic) bond motifs is 11. The van der Waals surface area contributed by atoms with Gasteiger partial charge in [0.05, 0.1) is 22.1 Å². The third kappa shape index (κ3) is 3.83. The molecule has 0 aliphatic heterocycles. The van der Waals surface area contributed by atoms with Gasteiger partial charge >= 0.3 is 0 Å². The molecule has 3 heterocycles. The Morgan fingerprint density at radius 1 is 0.571 bits per heavy atom. The van der Waals surface area contributed by atoms with E-state index in [9.17, 15) is 0 Å². The lowest BCUT2D eigenvalue weighted by Gasteiger charge is -2.15. The molecule has 0 amide bonds. The van der Waals surface area contributed by atoms with E-state index in [4.69, 9.17) is 9.40 Å². The van der Waals surface area contributed by atoms with Crippen LogP contribution in [0.2, 0.25) is 0 Å². The molecule has 49 heavy (non-hydrogen) atoms. The summed E-state index contributed by atoms with van der Waals surface area (Å²) in [5, 5.41) is 9.51. The summed E-state index contributed by atoms with van der Waals surface area (Å²) in [7, 11) is 0. The average Bonchev–Trinajstić information content (AvgIpc) is 3.84. The number of hydrogen-bond acceptors (Lipinski definition) is 2. The quantitative estimate of drug-likeness (QED) is 0.195. The lowest BCUT2D eigenvalue weighted by atomic mass is 10.0. The molecular formula is C45H29N3O. The van der Waals surface area contributed by atoms with E-state index in [0.29, 0.717) is 0 Å². The fraction of sp³-hybridized carbons (Fsp3) is 0.0444. The second-order valence-electron chi connectivity index (χ2n) is 13.1. The number of benzene rings is 7. The highest BCUT2D eigenvalue weighted by atomic mass is 16.3. The largest absolute Gasteiger partial charge is 0.455 e. The maximum absolute atomic E-state index is 6.69. The first-order valence-electron chi connectivity index (χ1n) is 16.9. The smallest absolute Gasteiger partial charge is 0.145 e. The lowest BCUT2D eigenvalue weighted by molar-refractivity contribution is 0.673. The minimum atomic E-state index is 0.896. The van der Waals surface area contributed by atoms with Crippen molar-refractivity contribution in [3.05, 3.63) is 152 Å². The van der Waals surface area contributed by atoms with Crippen molar-refractivity contribution >= 4 is 82.0 Å². The maximum Gasteiger partial charge on any atom is 0.145 e. The fourth-order valence-electron chi connectivity index (χ4n) is 8.09. The van der Waals surface area contributed by atoms with Crippen molar-refractivity contribution in [1.29, 1.82) is 0 Å². The molecule has 3 aromatic heterocycles. The zero-order valence-electron chi connectivity index (χ0n) is 26.6. The van der Waals surface area contributed by atoms with E-state index in [1.807, 2.05) is 0 Å². The highest BCUT2D eigenvalue weighted by Gasteiger charge is 2.20. The molecule has 11 rings (SSSR count). The highest BCUT2D eigenvalue weighted by Crippen LogP contribution is 2.42. The van der Waals surface area contributed by atoms with Crippen LogP contribution in [0.3, 0.4) is 0 Å². The van der Waals surface area contributed by atoms with E-state index in [2.05, 4.69) is 161 Å². The molecular weight excluding hydrogens is 599 g/mol. The molecule has 0 bridgehead atoms. The SMILES string of the molecule is C1=CCCC(n2c(-c3ccc(-n4c5cc6oc7c8ccccc8ccc7c6cc5c5ccc6ccccc6c54)cc3)nc3ccccc32)=C1. The van der Waals surface area contributed by atoms with Gasteiger partial charge in [-0.1, -0.05) is 91.0 Å². The summed E-state index contributed by atoms with van der Waals surface area (Å²) in [4.78, 5) is 5.15. The normalized spacial score (nSPS) is 13.6. The predicted octanol–water partition coefficient (Wildman–Crippen LogP) is 12.2. The van der Waals surface area contributed by atoms with Crippen molar-refractivity contribution in [3.8, 4) is 17.1 Å². The second kappa shape index (κ2) is 10.1. The van der Waals surface area contributed by atoms with Crippen LogP contribution in [0.1, 0.15) is 12.8 Å². The highest BCUT2D eigenvalue weighted by molar-refractivity contribution is 6.23. The van der Waals surface area contributed by atoms with E-state index in [-0.39, 0.29) is 0 Å². The Morgan fingerprint density at radius 3 is 2.16 bits per heavy atom. The van der Waals surface area contributed by atoms with Gasteiger partial charge in [-0.3, -0.25) is 4.57 Å². The molecule has 230 valence electrons. The van der Waals surface area contributed by atoms with E-state index >= 15 is 0 Å². The molecule has 4 heteroatoms. The van der Waals surface area contributed by atoms with Crippen LogP contribution in [0, 0.1) is 0 Å². The van der Waals surface area contributed by atoms with Crippen LogP contribution in [-0.4, -0.2) is 14.1 Å². The van der Waals surface area contributed by atoms with Gasteiger partial charge in [0, 0.05) is 55.3 Å². The molecule has 0 N–H and O–H groups in total. The Bertz CT molecular complexity index is 3040. The zero-order valence-corrected chi connectivity index (χ0v) is 26.6. The van der Waals surface area contributed by atoms with Crippen molar-refractivity contribution in [2.45, 2.75) is 12.8 Å². The number of furan rings is 1. The van der Waals surface area contributed by atoms with E-state index in [1.165, 1.54) is 38.1 Å². The number of nitrogens with zero attached hydrogens (tertiary/aromatic N) is 3. The predicted molar refractivity (Wildman–Crippen MR) is 204 cm³/mol. The van der Waals surface area contributed by atoms with Crippen molar-refractivity contribution in [2.75, 3.05) is 0 Å². The van der Waals surface area contributed by atoms with Crippen molar-refractivity contribution in [3.63, 3.8) is 0 Å². The van der Waals surface area contributed by atoms with Crippen LogP contribution in [0.4, 0.5) is 0 Å². The van der Waals surface area contributed by atoms with Gasteiger partial charge in [0.1, 0.15) is 17.0 Å². The van der Waals surface area contributed by atoms with E-state index in [0.717, 1.165) is 73.8 Å². The van der Waals surface area contributed by atoms with Crippen molar-refractivity contribution < 1.29 is 4.42 Å². The zero-order chi connectivity index (χ0) is 32.1. The molecule has 0 spiro atoms. The first-order chi connectivity index (χ1) is 24.3. The number of aromatic nitrogens is 3. The van der Waals surface area contributed by atoms with Gasteiger partial charge in [-0.05, 0) is 78.2 Å². The summed E-state index contributed by atoms with van der Waals surface area (Å²) in [6.45, 7) is 0. The standard InChI is InChI=1S/C45H29N3O/c1-2-12-31(13-3-1)48-40-17-9-8-16-39(40)46-45(48)30-18-22-32(23-19-30)47-41-27-42-38(36-25-21-29-11-5-7-15-34(29)44(36)49-42)26-37(41)35-24-20-28-10-4-6-14-33(28)43(35)47/h1-2,4-12,14-27H,3,13H2. The summed E-state index contributed by atoms with van der Waals surface area (Å²) in [6, 6.07) is 48.0. The Kier molecular flexibility index (Phi) is 5.47. The van der Waals surface area contributed by atoms with Crippen molar-refractivity contribution in [2.24, 2.45) is 0 Å². The molecule has 0 atom stereocenters. The molecule has 4 nitrogen and oxygen atoms in total. The Hall–Kier alpha value is -6.39. The fourth-order valence-corrected chi connectivity index (χ4v) is 8.09. The number of allylic oxidation sites excluding steroid dienone is 4. The van der Waals surface area contributed by atoms with Crippen molar-refractivity contribution in [1.82, 2.24) is 14.1 Å². The average molecular weight is 628 g/mol. The van der Waals surface area contributed by atoms with Crippen LogP contribution in [0.25, 0.3) is 99.1 Å². The molecule has 0 fully saturated rings. The molecule has 0 saturated carbocycles. The minimum Gasteiger partial charge on any atom is -0.455 e. The van der Waals surface area contributed by atoms with Crippen LogP contribution in [-0.2, 0) is 0 Å². The molecule has 10 aromatic rings. The minimum absolute atomic E-state index is 0.896. The van der Waals surface area contributed by atoms with Crippen LogP contribution < -0.4 is 0 Å². The molecule has 1 aliphatic carbocycles. The number of hydrogen-bond donors (Lipinski definition) is 0. The molecule has 1 aliphatic rings. The molecule has 0 unspecified atom stereocenters. The molecule has 0 radical (unpaired) electrons. The van der Waals surface area contributed by atoms with E-state index in [1.54, 1.807) is 0 Å². The number of imidazole rings is 1. The van der Waals surface area contributed by atoms with Gasteiger partial charge < -0.3 is 8.98 Å². The monoisotopic (exact) mass is 627 g/mol. The summed E-state index contributed by atoms with van der Waals surface area (Å²) in [5.41, 5.74) is 9.78. The third-order valence-electron chi connectivity index (χ3n) is 10.4. The third-order valence-corrected chi connectivity index (χ3v) is 10.4. The maximum atomic E-state index is 6.69. The van der Waals surface area contributed by atoms with Gasteiger partial charge in [-0.2, -0.15) is 0 Å². The number of rotatable bonds is 3. The first-order valence-corrected chi connectivity index (χ1v) is 16.9. The summed E-state index contributed by atoms with van der Waals surface area (Å²) in [6.07, 6.45) is 8.64. The Morgan fingerprint density at radius 2 is 1.33 bits per heavy atom. The van der Waals surface area contributed by atoms with Gasteiger partial charge in [-0.25, -0.2) is 4.98 Å². The topological polar surface area (TPSA) is 35.9 Å². The van der Waals surface area contributed by atoms with Crippen LogP contribution in [0.15, 0.2) is 156 Å². The van der Waals surface area contributed by atoms with Gasteiger partial charge in [0.2, 0.25) is 0 Å². The Balaban J connectivity index is 1.17. The molecule has 0 saturated heterocycles. The summed E-state index contributed by atoms with van der Waals surface area (Å²) >= 11 is 0. The van der Waals surface area contributed by atoms with Gasteiger partial charge in [0.15, 0.2) is 0 Å². The van der Waals surface area contributed by atoms with Gasteiger partial charge in [0.25, 0.3) is 0 Å². The summed E-state index contributed by atoms with van der Waals surface area (Å²) < 4.78 is 11.4. The second-order valence-corrected chi connectivity index (χ2v) is 13.1. The Labute approximate surface area is 281 Å². The van der Waals surface area contributed by atoms with Crippen LogP contribution in [0.5, 0.6) is 0 Å². The summed E-state index contributed by atoms with van der Waals surface area (Å²) in [5.74, 6) is 0.971. The lowest BCUT2D eigenvalue weighted by Crippen LogP contribution is -2.02. The first kappa shape index (κ1) is 26.7. The molecule has 7 aromatic carbocycles. The van der Waals surface area contributed by atoms with Crippen LogP contribution >= 0.6 is 0 Å². The van der Waals surface area contributed by atoms with Gasteiger partial charge in [-0.15, -0.1) is 0 Å². The van der Waals surface area contributed by atoms with E-state index < -0.39 is 0 Å².